The minimum Gasteiger partial charge on any atom is -0.497 e. The van der Waals surface area contributed by atoms with Gasteiger partial charge < -0.3 is 10.5 Å². The van der Waals surface area contributed by atoms with E-state index in [4.69, 9.17) is 10.5 Å². The van der Waals surface area contributed by atoms with Crippen molar-refractivity contribution >= 4 is 11.8 Å². The number of pyridine rings is 1. The van der Waals surface area contributed by atoms with E-state index in [0.717, 1.165) is 26.9 Å². The van der Waals surface area contributed by atoms with Gasteiger partial charge in [-0.05, 0) is 49.7 Å². The minimum atomic E-state index is 0.512. The van der Waals surface area contributed by atoms with Crippen LogP contribution in [0.15, 0.2) is 40.3 Å². The zero-order valence-electron chi connectivity index (χ0n) is 11.4. The number of benzene rings is 1. The highest BCUT2D eigenvalue weighted by Gasteiger charge is 2.09. The normalized spacial score (nSPS) is 10.5. The summed E-state index contributed by atoms with van der Waals surface area (Å²) in [6.45, 7) is 4.60. The summed E-state index contributed by atoms with van der Waals surface area (Å²) in [6, 6.07) is 10.0. The number of rotatable bonds is 4. The van der Waals surface area contributed by atoms with E-state index in [1.54, 1.807) is 18.9 Å². The molecule has 0 saturated carbocycles. The lowest BCUT2D eigenvalue weighted by atomic mass is 10.1. The average molecular weight is 274 g/mol. The van der Waals surface area contributed by atoms with Gasteiger partial charge in [-0.15, -0.1) is 0 Å². The van der Waals surface area contributed by atoms with Crippen LogP contribution in [0.25, 0.3) is 0 Å². The highest BCUT2D eigenvalue weighted by molar-refractivity contribution is 7.99. The van der Waals surface area contributed by atoms with E-state index in [2.05, 4.69) is 18.0 Å². The molecular weight excluding hydrogens is 256 g/mol. The molecule has 1 aromatic carbocycles. The van der Waals surface area contributed by atoms with Crippen molar-refractivity contribution < 1.29 is 4.74 Å². The first-order valence-corrected chi connectivity index (χ1v) is 6.94. The molecule has 0 unspecified atom stereocenters. The number of hydrogen-bond acceptors (Lipinski definition) is 4. The maximum Gasteiger partial charge on any atom is 0.118 e. The van der Waals surface area contributed by atoms with Gasteiger partial charge in [0.2, 0.25) is 0 Å². The summed E-state index contributed by atoms with van der Waals surface area (Å²) in [5, 5.41) is 0.991. The van der Waals surface area contributed by atoms with Crippen LogP contribution in [-0.4, -0.2) is 12.1 Å². The number of hydrogen-bond donors (Lipinski definition) is 1. The second-order valence-electron chi connectivity index (χ2n) is 4.35. The van der Waals surface area contributed by atoms with Gasteiger partial charge in [-0.25, -0.2) is 4.98 Å². The first kappa shape index (κ1) is 13.9. The Labute approximate surface area is 118 Å². The van der Waals surface area contributed by atoms with Crippen molar-refractivity contribution in [2.45, 2.75) is 30.3 Å². The molecule has 3 nitrogen and oxygen atoms in total. The fourth-order valence-electron chi connectivity index (χ4n) is 1.92. The summed E-state index contributed by atoms with van der Waals surface area (Å²) in [5.41, 5.74) is 9.16. The standard InChI is InChI=1S/C15H18N2OS/c1-10-8-11(2)17-15(14(10)9-16)19-13-6-4-12(18-3)5-7-13/h4-8H,9,16H2,1-3H3. The molecule has 100 valence electrons. The van der Waals surface area contributed by atoms with Crippen molar-refractivity contribution in [2.24, 2.45) is 5.73 Å². The molecule has 4 heteroatoms. The largest absolute Gasteiger partial charge is 0.497 e. The average Bonchev–Trinajstić information content (AvgIpc) is 2.39. The van der Waals surface area contributed by atoms with Gasteiger partial charge in [0.25, 0.3) is 0 Å². The lowest BCUT2D eigenvalue weighted by Gasteiger charge is -2.11. The zero-order valence-corrected chi connectivity index (χ0v) is 12.3. The highest BCUT2D eigenvalue weighted by Crippen LogP contribution is 2.31. The van der Waals surface area contributed by atoms with E-state index in [9.17, 15) is 0 Å². The molecule has 1 aromatic heterocycles. The van der Waals surface area contributed by atoms with Gasteiger partial charge in [0.05, 0.1) is 7.11 Å². The second kappa shape index (κ2) is 6.08. The van der Waals surface area contributed by atoms with Gasteiger partial charge in [-0.3, -0.25) is 0 Å². The predicted molar refractivity (Wildman–Crippen MR) is 78.7 cm³/mol. The van der Waals surface area contributed by atoms with Crippen molar-refractivity contribution in [1.82, 2.24) is 4.98 Å². The van der Waals surface area contributed by atoms with Gasteiger partial charge in [0, 0.05) is 22.7 Å². The molecule has 0 fully saturated rings. The van der Waals surface area contributed by atoms with Crippen molar-refractivity contribution in [3.8, 4) is 5.75 Å². The van der Waals surface area contributed by atoms with E-state index in [-0.39, 0.29) is 0 Å². The molecule has 0 aliphatic rings. The molecule has 0 radical (unpaired) electrons. The molecule has 2 N–H and O–H groups in total. The molecule has 0 aliphatic heterocycles. The monoisotopic (exact) mass is 274 g/mol. The molecule has 2 aromatic rings. The van der Waals surface area contributed by atoms with Crippen LogP contribution < -0.4 is 10.5 Å². The zero-order chi connectivity index (χ0) is 13.8. The number of aromatic nitrogens is 1. The van der Waals surface area contributed by atoms with Crippen LogP contribution in [0.4, 0.5) is 0 Å². The van der Waals surface area contributed by atoms with Crippen molar-refractivity contribution in [1.29, 1.82) is 0 Å². The molecule has 0 spiro atoms. The highest BCUT2D eigenvalue weighted by atomic mass is 32.2. The smallest absolute Gasteiger partial charge is 0.118 e. The first-order valence-electron chi connectivity index (χ1n) is 6.13. The number of nitrogens with zero attached hydrogens (tertiary/aromatic N) is 1. The Morgan fingerprint density at radius 1 is 1.21 bits per heavy atom. The fourth-order valence-corrected chi connectivity index (χ4v) is 2.97. The van der Waals surface area contributed by atoms with Crippen molar-refractivity contribution in [3.05, 3.63) is 47.2 Å². The third-order valence-corrected chi connectivity index (χ3v) is 3.95. The number of aryl methyl sites for hydroxylation is 2. The van der Waals surface area contributed by atoms with Crippen LogP contribution in [0.2, 0.25) is 0 Å². The van der Waals surface area contributed by atoms with Crippen LogP contribution >= 0.6 is 11.8 Å². The fraction of sp³-hybridized carbons (Fsp3) is 0.267. The molecule has 19 heavy (non-hydrogen) atoms. The summed E-state index contributed by atoms with van der Waals surface area (Å²) in [6.07, 6.45) is 0. The Bertz CT molecular complexity index is 567. The molecular formula is C15H18N2OS. The number of nitrogens with two attached hydrogens (primary N) is 1. The van der Waals surface area contributed by atoms with E-state index >= 15 is 0 Å². The Morgan fingerprint density at radius 2 is 1.89 bits per heavy atom. The Hall–Kier alpha value is -1.52. The third kappa shape index (κ3) is 3.28. The quantitative estimate of drug-likeness (QED) is 0.929. The van der Waals surface area contributed by atoms with Crippen LogP contribution in [0.1, 0.15) is 16.8 Å². The molecule has 0 saturated heterocycles. The Kier molecular flexibility index (Phi) is 4.45. The van der Waals surface area contributed by atoms with E-state index in [0.29, 0.717) is 6.54 Å². The van der Waals surface area contributed by atoms with Gasteiger partial charge in [0.15, 0.2) is 0 Å². The van der Waals surface area contributed by atoms with Crippen LogP contribution in [-0.2, 0) is 6.54 Å². The summed E-state index contributed by atoms with van der Waals surface area (Å²) < 4.78 is 5.16. The molecule has 0 aliphatic carbocycles. The molecule has 1 heterocycles. The summed E-state index contributed by atoms with van der Waals surface area (Å²) >= 11 is 1.64. The summed E-state index contributed by atoms with van der Waals surface area (Å²) in [4.78, 5) is 5.73. The van der Waals surface area contributed by atoms with Crippen molar-refractivity contribution in [3.63, 3.8) is 0 Å². The topological polar surface area (TPSA) is 48.1 Å². The van der Waals surface area contributed by atoms with Crippen molar-refractivity contribution in [2.75, 3.05) is 7.11 Å². The maximum absolute atomic E-state index is 5.83. The van der Waals surface area contributed by atoms with E-state index in [1.165, 1.54) is 5.56 Å². The summed E-state index contributed by atoms with van der Waals surface area (Å²) in [7, 11) is 1.67. The number of methoxy groups -OCH3 is 1. The minimum absolute atomic E-state index is 0.512. The third-order valence-electron chi connectivity index (χ3n) is 2.92. The van der Waals surface area contributed by atoms with Gasteiger partial charge in [-0.2, -0.15) is 0 Å². The predicted octanol–water partition coefficient (Wildman–Crippen LogP) is 3.32. The van der Waals surface area contributed by atoms with Crippen LogP contribution in [0.3, 0.4) is 0 Å². The molecule has 2 rings (SSSR count). The first-order chi connectivity index (χ1) is 9.13. The molecule has 0 atom stereocenters. The Morgan fingerprint density at radius 3 is 2.47 bits per heavy atom. The lowest BCUT2D eigenvalue weighted by molar-refractivity contribution is 0.414. The maximum atomic E-state index is 5.83. The molecule has 0 amide bonds. The van der Waals surface area contributed by atoms with Gasteiger partial charge >= 0.3 is 0 Å². The molecule has 0 bridgehead atoms. The lowest BCUT2D eigenvalue weighted by Crippen LogP contribution is -2.04. The second-order valence-corrected chi connectivity index (χ2v) is 5.41. The summed E-state index contributed by atoms with van der Waals surface area (Å²) in [5.74, 6) is 0.858. The number of ether oxygens (including phenoxy) is 1. The SMILES string of the molecule is COc1ccc(Sc2nc(C)cc(C)c2CN)cc1. The van der Waals surface area contributed by atoms with Gasteiger partial charge in [0.1, 0.15) is 10.8 Å². The van der Waals surface area contributed by atoms with E-state index < -0.39 is 0 Å². The van der Waals surface area contributed by atoms with E-state index in [1.807, 2.05) is 31.2 Å². The van der Waals surface area contributed by atoms with Crippen LogP contribution in [0.5, 0.6) is 5.75 Å². The Balaban J connectivity index is 2.31. The van der Waals surface area contributed by atoms with Crippen LogP contribution in [0, 0.1) is 13.8 Å². The van der Waals surface area contributed by atoms with Gasteiger partial charge in [-0.1, -0.05) is 11.8 Å².